The van der Waals surface area contributed by atoms with Gasteiger partial charge < -0.3 is 5.11 Å². The fourth-order valence-electron chi connectivity index (χ4n) is 1.83. The highest BCUT2D eigenvalue weighted by atomic mass is 19.4. The number of carboxylic acids is 1. The van der Waals surface area contributed by atoms with Gasteiger partial charge in [-0.3, -0.25) is 4.79 Å². The molecule has 98 valence electrons. The summed E-state index contributed by atoms with van der Waals surface area (Å²) in [7, 11) is 0. The van der Waals surface area contributed by atoms with E-state index in [4.69, 9.17) is 5.11 Å². The molecule has 0 spiro atoms. The molecule has 0 aliphatic rings. The summed E-state index contributed by atoms with van der Waals surface area (Å²) in [6.07, 6.45) is -3.24. The minimum absolute atomic E-state index is 0.300. The Balaban J connectivity index is 5.29. The smallest absolute Gasteiger partial charge is 0.412 e. The molecule has 2 unspecified atom stereocenters. The van der Waals surface area contributed by atoms with Gasteiger partial charge in [0.1, 0.15) is 0 Å². The molecule has 2 nitrogen and oxygen atoms in total. The summed E-state index contributed by atoms with van der Waals surface area (Å²) in [5, 5.41) is 9.00. The lowest BCUT2D eigenvalue weighted by Gasteiger charge is -2.25. The third-order valence-corrected chi connectivity index (χ3v) is 2.79. The van der Waals surface area contributed by atoms with Crippen molar-refractivity contribution in [2.75, 3.05) is 0 Å². The summed E-state index contributed by atoms with van der Waals surface area (Å²) in [6.45, 7) is 7.74. The van der Waals surface area contributed by atoms with Crippen LogP contribution in [0, 0.1) is 11.8 Å². The molecule has 1 N–H and O–H groups in total. The van der Waals surface area contributed by atoms with Crippen LogP contribution in [0.2, 0.25) is 0 Å². The van der Waals surface area contributed by atoms with Gasteiger partial charge in [-0.15, -0.1) is 0 Å². The zero-order chi connectivity index (χ0) is 13.8. The molecule has 0 saturated heterocycles. The van der Waals surface area contributed by atoms with Crippen LogP contribution < -0.4 is 0 Å². The molecule has 0 aromatic rings. The van der Waals surface area contributed by atoms with Crippen LogP contribution in [-0.4, -0.2) is 17.3 Å². The van der Waals surface area contributed by atoms with Gasteiger partial charge in [-0.2, -0.15) is 13.2 Å². The maximum atomic E-state index is 12.7. The second kappa shape index (κ2) is 5.89. The number of rotatable bonds is 5. The Morgan fingerprint density at radius 2 is 1.94 bits per heavy atom. The average molecular weight is 250 g/mol. The van der Waals surface area contributed by atoms with Crippen LogP contribution >= 0.6 is 0 Å². The number of aliphatic carboxylic acids is 1. The molecule has 0 aromatic heterocycles. The monoisotopic (exact) mass is 250 g/mol. The number of carbonyl (C=O) groups is 1. The minimum atomic E-state index is -4.50. The fraction of sp³-hybridized carbons (Fsp3) is 0.583. The Labute approximate surface area is 98.8 Å². The molecule has 2 atom stereocenters. The molecule has 17 heavy (non-hydrogen) atoms. The van der Waals surface area contributed by atoms with E-state index in [9.17, 15) is 18.0 Å². The lowest BCUT2D eigenvalue weighted by Crippen LogP contribution is -2.30. The molecule has 0 heterocycles. The summed E-state index contributed by atoms with van der Waals surface area (Å²) in [5.41, 5.74) is -0.520. The fourth-order valence-corrected chi connectivity index (χ4v) is 1.83. The van der Waals surface area contributed by atoms with Crippen molar-refractivity contribution in [2.24, 2.45) is 11.8 Å². The van der Waals surface area contributed by atoms with Gasteiger partial charge in [-0.1, -0.05) is 32.1 Å². The normalized spacial score (nSPS) is 16.5. The summed E-state index contributed by atoms with van der Waals surface area (Å²) in [5.74, 6) is -3.61. The first-order chi connectivity index (χ1) is 7.66. The SMILES string of the molecule is C=C(CC)C(C(=O)O)C(C)C(=CC)C(F)(F)F. The van der Waals surface area contributed by atoms with Gasteiger partial charge in [0.05, 0.1) is 5.92 Å². The molecule has 0 amide bonds. The largest absolute Gasteiger partial charge is 0.481 e. The van der Waals surface area contributed by atoms with E-state index in [2.05, 4.69) is 6.58 Å². The van der Waals surface area contributed by atoms with Crippen LogP contribution in [0.25, 0.3) is 0 Å². The van der Waals surface area contributed by atoms with Crippen molar-refractivity contribution in [1.29, 1.82) is 0 Å². The Bertz CT molecular complexity index is 329. The van der Waals surface area contributed by atoms with Gasteiger partial charge in [0.15, 0.2) is 0 Å². The third kappa shape index (κ3) is 3.91. The number of halogens is 3. The number of hydrogen-bond acceptors (Lipinski definition) is 1. The number of carboxylic acid groups (broad SMARTS) is 1. The van der Waals surface area contributed by atoms with Crippen LogP contribution in [0.4, 0.5) is 13.2 Å². The topological polar surface area (TPSA) is 37.3 Å². The van der Waals surface area contributed by atoms with E-state index in [0.717, 1.165) is 6.08 Å². The lowest BCUT2D eigenvalue weighted by molar-refractivity contribution is -0.143. The van der Waals surface area contributed by atoms with Crippen molar-refractivity contribution < 1.29 is 23.1 Å². The molecule has 0 bridgehead atoms. The number of alkyl halides is 3. The van der Waals surface area contributed by atoms with Gasteiger partial charge in [0.2, 0.25) is 0 Å². The van der Waals surface area contributed by atoms with Gasteiger partial charge in [-0.05, 0) is 13.3 Å². The van der Waals surface area contributed by atoms with Crippen LogP contribution in [0.3, 0.4) is 0 Å². The van der Waals surface area contributed by atoms with Crippen LogP contribution in [0.15, 0.2) is 23.8 Å². The molecule has 0 aliphatic carbocycles. The molecule has 0 fully saturated rings. The Morgan fingerprint density at radius 3 is 2.18 bits per heavy atom. The standard InChI is InChI=1S/C12H17F3O2/c1-5-7(3)10(11(16)17)8(4)9(6-2)12(13,14)15/h6,8,10H,3,5H2,1-2,4H3,(H,16,17). The van der Waals surface area contributed by atoms with E-state index < -0.39 is 29.6 Å². The maximum Gasteiger partial charge on any atom is 0.412 e. The molecule has 0 saturated carbocycles. The zero-order valence-corrected chi connectivity index (χ0v) is 10.1. The Hall–Kier alpha value is -1.26. The van der Waals surface area contributed by atoms with Crippen LogP contribution in [0.5, 0.6) is 0 Å². The maximum absolute atomic E-state index is 12.7. The van der Waals surface area contributed by atoms with Crippen molar-refractivity contribution >= 4 is 5.97 Å². The Kier molecular flexibility index (Phi) is 5.45. The molecule has 0 aliphatic heterocycles. The molecular formula is C12H17F3O2. The third-order valence-electron chi connectivity index (χ3n) is 2.79. The first-order valence-corrected chi connectivity index (χ1v) is 5.30. The van der Waals surface area contributed by atoms with Gasteiger partial charge in [0.25, 0.3) is 0 Å². The van der Waals surface area contributed by atoms with E-state index in [0.29, 0.717) is 12.0 Å². The van der Waals surface area contributed by atoms with E-state index >= 15 is 0 Å². The summed E-state index contributed by atoms with van der Waals surface area (Å²) in [4.78, 5) is 11.0. The zero-order valence-electron chi connectivity index (χ0n) is 10.1. The first kappa shape index (κ1) is 15.7. The van der Waals surface area contributed by atoms with Crippen molar-refractivity contribution in [3.63, 3.8) is 0 Å². The van der Waals surface area contributed by atoms with E-state index in [-0.39, 0.29) is 0 Å². The van der Waals surface area contributed by atoms with Gasteiger partial charge >= 0.3 is 12.1 Å². The molecule has 0 radical (unpaired) electrons. The highest BCUT2D eigenvalue weighted by molar-refractivity contribution is 5.74. The van der Waals surface area contributed by atoms with Crippen molar-refractivity contribution in [3.8, 4) is 0 Å². The molecule has 0 rings (SSSR count). The summed E-state index contributed by atoms with van der Waals surface area (Å²) < 4.78 is 38.0. The second-order valence-electron chi connectivity index (χ2n) is 3.86. The highest BCUT2D eigenvalue weighted by Crippen LogP contribution is 2.37. The minimum Gasteiger partial charge on any atom is -0.481 e. The van der Waals surface area contributed by atoms with Crippen LogP contribution in [-0.2, 0) is 4.79 Å². The van der Waals surface area contributed by atoms with Crippen molar-refractivity contribution in [3.05, 3.63) is 23.8 Å². The molecule has 5 heteroatoms. The lowest BCUT2D eigenvalue weighted by atomic mass is 9.81. The molecule has 0 aromatic carbocycles. The van der Waals surface area contributed by atoms with E-state index in [1.807, 2.05) is 0 Å². The van der Waals surface area contributed by atoms with Gasteiger partial charge in [0, 0.05) is 11.5 Å². The summed E-state index contributed by atoms with van der Waals surface area (Å²) >= 11 is 0. The van der Waals surface area contributed by atoms with Crippen LogP contribution in [0.1, 0.15) is 27.2 Å². The van der Waals surface area contributed by atoms with Crippen molar-refractivity contribution in [1.82, 2.24) is 0 Å². The highest BCUT2D eigenvalue weighted by Gasteiger charge is 2.41. The number of allylic oxidation sites excluding steroid dienone is 2. The summed E-state index contributed by atoms with van der Waals surface area (Å²) in [6, 6.07) is 0. The van der Waals surface area contributed by atoms with Crippen molar-refractivity contribution in [2.45, 2.75) is 33.4 Å². The van der Waals surface area contributed by atoms with E-state index in [1.165, 1.54) is 13.8 Å². The second-order valence-corrected chi connectivity index (χ2v) is 3.86. The predicted octanol–water partition coefficient (Wildman–Crippen LogP) is 3.80. The Morgan fingerprint density at radius 1 is 1.47 bits per heavy atom. The predicted molar refractivity (Wildman–Crippen MR) is 59.5 cm³/mol. The van der Waals surface area contributed by atoms with E-state index in [1.54, 1.807) is 6.92 Å². The quantitative estimate of drug-likeness (QED) is 0.753. The molecular weight excluding hydrogens is 233 g/mol. The average Bonchev–Trinajstić information content (AvgIpc) is 2.15. The number of hydrogen-bond donors (Lipinski definition) is 1. The van der Waals surface area contributed by atoms with Gasteiger partial charge in [-0.25, -0.2) is 0 Å². The first-order valence-electron chi connectivity index (χ1n) is 5.30.